The largest absolute Gasteiger partial charge is 0.481 e. The summed E-state index contributed by atoms with van der Waals surface area (Å²) in [6.07, 6.45) is 5.72. The van der Waals surface area contributed by atoms with E-state index in [1.165, 1.54) is 31.0 Å². The maximum atomic E-state index is 12.8. The molecule has 1 aliphatic rings. The fourth-order valence-corrected chi connectivity index (χ4v) is 3.88. The molecule has 1 fully saturated rings. The average Bonchev–Trinajstić information content (AvgIpc) is 2.68. The molecule has 0 bridgehead atoms. The number of nitrogens with one attached hydrogen (secondary N) is 1. The molecule has 26 heavy (non-hydrogen) atoms. The Balaban J connectivity index is 1.79. The van der Waals surface area contributed by atoms with Gasteiger partial charge in [-0.2, -0.15) is 9.97 Å². The first-order valence-electron chi connectivity index (χ1n) is 8.74. The summed E-state index contributed by atoms with van der Waals surface area (Å²) in [5.41, 5.74) is 0.633. The summed E-state index contributed by atoms with van der Waals surface area (Å²) < 4.78 is 10.4. The van der Waals surface area contributed by atoms with Crippen LogP contribution in [0.25, 0.3) is 0 Å². The fourth-order valence-electron chi connectivity index (χ4n) is 2.99. The molecule has 0 radical (unpaired) electrons. The zero-order valence-electron chi connectivity index (χ0n) is 15.0. The minimum absolute atomic E-state index is 0.0464. The average molecular weight is 373 g/mol. The Hall–Kier alpha value is -2.28. The minimum Gasteiger partial charge on any atom is -0.481 e. The number of rotatable bonds is 6. The quantitative estimate of drug-likeness (QED) is 0.778. The molecular formula is C19H23N3O3S. The normalized spacial score (nSPS) is 14.7. The van der Waals surface area contributed by atoms with Crippen LogP contribution >= 0.6 is 11.8 Å². The van der Waals surface area contributed by atoms with Gasteiger partial charge in [0.25, 0.3) is 5.91 Å². The highest BCUT2D eigenvalue weighted by molar-refractivity contribution is 7.99. The van der Waals surface area contributed by atoms with Gasteiger partial charge in [-0.05, 0) is 36.7 Å². The van der Waals surface area contributed by atoms with E-state index in [9.17, 15) is 4.79 Å². The van der Waals surface area contributed by atoms with Crippen LogP contribution in [0.3, 0.4) is 0 Å². The molecule has 1 aromatic heterocycles. The molecule has 138 valence electrons. The van der Waals surface area contributed by atoms with Gasteiger partial charge in [-0.25, -0.2) is 0 Å². The highest BCUT2D eigenvalue weighted by Gasteiger charge is 2.19. The van der Waals surface area contributed by atoms with Crippen LogP contribution in [0.2, 0.25) is 0 Å². The van der Waals surface area contributed by atoms with Gasteiger partial charge in [-0.3, -0.25) is 4.79 Å². The smallest absolute Gasteiger partial charge is 0.252 e. The van der Waals surface area contributed by atoms with Crippen LogP contribution in [-0.4, -0.2) is 36.1 Å². The number of nitrogens with zero attached hydrogens (tertiary/aromatic N) is 2. The van der Waals surface area contributed by atoms with E-state index in [0.29, 0.717) is 22.5 Å². The minimum atomic E-state index is -0.0464. The van der Waals surface area contributed by atoms with Crippen molar-refractivity contribution in [3.05, 3.63) is 35.9 Å². The number of benzene rings is 1. The molecule has 0 atom stereocenters. The van der Waals surface area contributed by atoms with E-state index < -0.39 is 0 Å². The van der Waals surface area contributed by atoms with Crippen molar-refractivity contribution in [2.45, 2.75) is 48.2 Å². The van der Waals surface area contributed by atoms with Crippen LogP contribution in [0.5, 0.6) is 11.8 Å². The van der Waals surface area contributed by atoms with E-state index in [1.807, 2.05) is 24.3 Å². The van der Waals surface area contributed by atoms with Crippen molar-refractivity contribution in [2.75, 3.05) is 14.2 Å². The second kappa shape index (κ2) is 8.89. The Morgan fingerprint density at radius 3 is 2.38 bits per heavy atom. The van der Waals surface area contributed by atoms with E-state index in [0.717, 1.165) is 17.7 Å². The third-order valence-corrected chi connectivity index (χ3v) is 5.29. The lowest BCUT2D eigenvalue weighted by Crippen LogP contribution is -2.36. The maximum Gasteiger partial charge on any atom is 0.252 e. The van der Waals surface area contributed by atoms with Crippen LogP contribution in [0, 0.1) is 0 Å². The number of hydrogen-bond donors (Lipinski definition) is 1. The predicted octanol–water partition coefficient (Wildman–Crippen LogP) is 3.71. The van der Waals surface area contributed by atoms with Crippen LogP contribution in [0.1, 0.15) is 42.5 Å². The lowest BCUT2D eigenvalue weighted by Gasteiger charge is -2.23. The van der Waals surface area contributed by atoms with E-state index in [-0.39, 0.29) is 11.9 Å². The molecule has 3 rings (SSSR count). The third kappa shape index (κ3) is 4.66. The van der Waals surface area contributed by atoms with Crippen molar-refractivity contribution in [3.8, 4) is 11.8 Å². The molecule has 1 saturated carbocycles. The Morgan fingerprint density at radius 2 is 1.73 bits per heavy atom. The predicted molar refractivity (Wildman–Crippen MR) is 100 cm³/mol. The SMILES string of the molecule is COc1cc(OC)nc(Sc2ccccc2C(=O)NC2CCCCC2)n1. The van der Waals surface area contributed by atoms with Gasteiger partial charge in [0.15, 0.2) is 5.16 Å². The van der Waals surface area contributed by atoms with Crippen LogP contribution in [0.15, 0.2) is 40.4 Å². The number of aromatic nitrogens is 2. The van der Waals surface area contributed by atoms with E-state index >= 15 is 0 Å². The van der Waals surface area contributed by atoms with Gasteiger partial charge in [-0.1, -0.05) is 31.4 Å². The molecule has 1 aromatic carbocycles. The highest BCUT2D eigenvalue weighted by atomic mass is 32.2. The maximum absolute atomic E-state index is 12.8. The molecule has 0 unspecified atom stereocenters. The van der Waals surface area contributed by atoms with Gasteiger partial charge in [0.05, 0.1) is 25.8 Å². The zero-order valence-corrected chi connectivity index (χ0v) is 15.8. The first-order valence-corrected chi connectivity index (χ1v) is 9.56. The summed E-state index contributed by atoms with van der Waals surface area (Å²) in [5, 5.41) is 3.64. The van der Waals surface area contributed by atoms with Gasteiger partial charge in [0.2, 0.25) is 11.8 Å². The summed E-state index contributed by atoms with van der Waals surface area (Å²) in [7, 11) is 3.09. The van der Waals surface area contributed by atoms with E-state index in [2.05, 4.69) is 15.3 Å². The van der Waals surface area contributed by atoms with Gasteiger partial charge < -0.3 is 14.8 Å². The molecule has 2 aromatic rings. The van der Waals surface area contributed by atoms with Gasteiger partial charge in [-0.15, -0.1) is 0 Å². The molecule has 1 N–H and O–H groups in total. The lowest BCUT2D eigenvalue weighted by atomic mass is 9.95. The molecule has 0 saturated heterocycles. The number of carbonyl (C=O) groups is 1. The van der Waals surface area contributed by atoms with Gasteiger partial charge >= 0.3 is 0 Å². The van der Waals surface area contributed by atoms with Crippen molar-refractivity contribution < 1.29 is 14.3 Å². The molecule has 0 aliphatic heterocycles. The first-order chi connectivity index (χ1) is 12.7. The summed E-state index contributed by atoms with van der Waals surface area (Å²) >= 11 is 1.32. The number of hydrogen-bond acceptors (Lipinski definition) is 6. The number of ether oxygens (including phenoxy) is 2. The van der Waals surface area contributed by atoms with E-state index in [4.69, 9.17) is 9.47 Å². The van der Waals surface area contributed by atoms with Crippen molar-refractivity contribution in [2.24, 2.45) is 0 Å². The number of amides is 1. The second-order valence-electron chi connectivity index (χ2n) is 6.14. The lowest BCUT2D eigenvalue weighted by molar-refractivity contribution is 0.0924. The van der Waals surface area contributed by atoms with E-state index in [1.54, 1.807) is 20.3 Å². The number of methoxy groups -OCH3 is 2. The standard InChI is InChI=1S/C19H23N3O3S/c1-24-16-12-17(25-2)22-19(21-16)26-15-11-7-6-10-14(15)18(23)20-13-8-4-3-5-9-13/h6-7,10-13H,3-5,8-9H2,1-2H3,(H,20,23). The van der Waals surface area contributed by atoms with Gasteiger partial charge in [0.1, 0.15) is 0 Å². The fraction of sp³-hybridized carbons (Fsp3) is 0.421. The summed E-state index contributed by atoms with van der Waals surface area (Å²) in [6.45, 7) is 0. The zero-order chi connectivity index (χ0) is 18.4. The Kier molecular flexibility index (Phi) is 6.33. The molecule has 7 heteroatoms. The Morgan fingerprint density at radius 1 is 1.08 bits per heavy atom. The monoisotopic (exact) mass is 373 g/mol. The van der Waals surface area contributed by atoms with Gasteiger partial charge in [0, 0.05) is 10.9 Å². The number of carbonyl (C=O) groups excluding carboxylic acids is 1. The summed E-state index contributed by atoms with van der Waals surface area (Å²) in [4.78, 5) is 22.2. The molecule has 1 amide bonds. The van der Waals surface area contributed by atoms with Crippen molar-refractivity contribution in [1.29, 1.82) is 0 Å². The first kappa shape index (κ1) is 18.5. The summed E-state index contributed by atoms with van der Waals surface area (Å²) in [6, 6.07) is 9.38. The Labute approximate surface area is 157 Å². The van der Waals surface area contributed by atoms with Crippen molar-refractivity contribution in [1.82, 2.24) is 15.3 Å². The molecule has 0 spiro atoms. The topological polar surface area (TPSA) is 73.3 Å². The van der Waals surface area contributed by atoms with Crippen molar-refractivity contribution in [3.63, 3.8) is 0 Å². The summed E-state index contributed by atoms with van der Waals surface area (Å²) in [5.74, 6) is 0.793. The van der Waals surface area contributed by atoms with Crippen LogP contribution < -0.4 is 14.8 Å². The van der Waals surface area contributed by atoms with Crippen molar-refractivity contribution >= 4 is 17.7 Å². The Bertz CT molecular complexity index is 741. The molecule has 1 heterocycles. The second-order valence-corrected chi connectivity index (χ2v) is 7.15. The van der Waals surface area contributed by atoms with Crippen LogP contribution in [0.4, 0.5) is 0 Å². The highest BCUT2D eigenvalue weighted by Crippen LogP contribution is 2.31. The molecule has 1 aliphatic carbocycles. The van der Waals surface area contributed by atoms with Crippen LogP contribution in [-0.2, 0) is 0 Å². The molecular weight excluding hydrogens is 350 g/mol. The molecule has 6 nitrogen and oxygen atoms in total. The third-order valence-electron chi connectivity index (χ3n) is 4.35.